The van der Waals surface area contributed by atoms with E-state index in [0.29, 0.717) is 53.1 Å². The summed E-state index contributed by atoms with van der Waals surface area (Å²) < 4.78 is 32.7. The minimum atomic E-state index is -3.63. The number of aromatic hydroxyl groups is 1. The fourth-order valence-electron chi connectivity index (χ4n) is 4.08. The van der Waals surface area contributed by atoms with Crippen LogP contribution >= 0.6 is 11.6 Å². The Hall–Kier alpha value is -4.45. The highest BCUT2D eigenvalue weighted by Crippen LogP contribution is 2.35. The molecular weight excluding hydrogens is 564 g/mol. The number of H-pyrrole nitrogens is 1. The number of hydrogen-bond donors (Lipinski definition) is 4. The maximum Gasteiger partial charge on any atom is 0.240 e. The number of sulfonamides is 1. The zero-order valence-electron chi connectivity index (χ0n) is 22.0. The van der Waals surface area contributed by atoms with E-state index in [1.807, 2.05) is 30.3 Å². The summed E-state index contributed by atoms with van der Waals surface area (Å²) >= 11 is 6.04. The maximum atomic E-state index is 12.5. The number of aromatic amines is 1. The molecule has 0 aliphatic carbocycles. The van der Waals surface area contributed by atoms with Gasteiger partial charge in [0.25, 0.3) is 0 Å². The molecule has 4 N–H and O–H groups in total. The van der Waals surface area contributed by atoms with E-state index in [1.165, 1.54) is 19.2 Å². The normalized spacial score (nSPS) is 11.4. The molecule has 5 rings (SSSR count). The van der Waals surface area contributed by atoms with Gasteiger partial charge in [-0.15, -0.1) is 0 Å². The predicted molar refractivity (Wildman–Crippen MR) is 158 cm³/mol. The smallest absolute Gasteiger partial charge is 0.240 e. The lowest BCUT2D eigenvalue weighted by atomic mass is 10.1. The van der Waals surface area contributed by atoms with E-state index in [2.05, 4.69) is 25.0 Å². The monoisotopic (exact) mass is 590 g/mol. The number of imidazole rings is 1. The molecule has 5 aromatic rings. The largest absolute Gasteiger partial charge is 0.506 e. The maximum absolute atomic E-state index is 12.5. The lowest BCUT2D eigenvalue weighted by molar-refractivity contribution is 0.414. The second-order valence-electron chi connectivity index (χ2n) is 8.96. The fourth-order valence-corrected chi connectivity index (χ4v) is 5.27. The number of benzene rings is 3. The Morgan fingerprint density at radius 2 is 1.73 bits per heavy atom. The number of aromatic nitrogens is 4. The molecule has 0 spiro atoms. The Morgan fingerprint density at radius 3 is 2.46 bits per heavy atom. The van der Waals surface area contributed by atoms with Gasteiger partial charge in [0.1, 0.15) is 17.3 Å². The van der Waals surface area contributed by atoms with Gasteiger partial charge in [0.15, 0.2) is 0 Å². The van der Waals surface area contributed by atoms with Crippen molar-refractivity contribution in [3.8, 4) is 45.5 Å². The van der Waals surface area contributed by atoms with Crippen LogP contribution in [-0.4, -0.2) is 53.7 Å². The molecule has 0 radical (unpaired) electrons. The third-order valence-corrected chi connectivity index (χ3v) is 7.98. The molecule has 0 aliphatic rings. The zero-order valence-corrected chi connectivity index (χ0v) is 23.6. The summed E-state index contributed by atoms with van der Waals surface area (Å²) in [7, 11) is -2.11. The van der Waals surface area contributed by atoms with Gasteiger partial charge in [0, 0.05) is 30.4 Å². The van der Waals surface area contributed by atoms with Gasteiger partial charge < -0.3 is 20.1 Å². The van der Waals surface area contributed by atoms with Crippen LogP contribution in [0.1, 0.15) is 6.42 Å². The molecule has 2 aromatic heterocycles. The summed E-state index contributed by atoms with van der Waals surface area (Å²) in [6.45, 7) is 0.664. The first-order valence-electron chi connectivity index (χ1n) is 12.7. The van der Waals surface area contributed by atoms with Crippen molar-refractivity contribution < 1.29 is 18.3 Å². The Morgan fingerprint density at radius 1 is 0.951 bits per heavy atom. The summed E-state index contributed by atoms with van der Waals surface area (Å²) in [6, 6.07) is 22.6. The number of ether oxygens (including phenoxy) is 1. The third-order valence-electron chi connectivity index (χ3n) is 6.18. The predicted octanol–water partition coefficient (Wildman–Crippen LogP) is 5.35. The number of phenolic OH excluding ortho intramolecular Hbond substituents is 1. The number of anilines is 1. The highest BCUT2D eigenvalue weighted by atomic mass is 35.5. The molecule has 0 unspecified atom stereocenters. The van der Waals surface area contributed by atoms with Crippen LogP contribution in [0.15, 0.2) is 90.0 Å². The molecule has 210 valence electrons. The molecule has 0 bridgehead atoms. The summed E-state index contributed by atoms with van der Waals surface area (Å²) in [4.78, 5) is 17.3. The van der Waals surface area contributed by atoms with Gasteiger partial charge in [-0.2, -0.15) is 0 Å². The highest BCUT2D eigenvalue weighted by molar-refractivity contribution is 7.89. The topological polar surface area (TPSA) is 142 Å². The van der Waals surface area contributed by atoms with Crippen molar-refractivity contribution in [3.63, 3.8) is 0 Å². The molecule has 0 atom stereocenters. The van der Waals surface area contributed by atoms with Gasteiger partial charge in [-0.3, -0.25) is 0 Å². The van der Waals surface area contributed by atoms with E-state index in [1.54, 1.807) is 42.6 Å². The van der Waals surface area contributed by atoms with Crippen molar-refractivity contribution in [3.05, 3.63) is 90.1 Å². The summed E-state index contributed by atoms with van der Waals surface area (Å²) in [5, 5.41) is 13.6. The summed E-state index contributed by atoms with van der Waals surface area (Å²) in [5.74, 6) is 1.55. The van der Waals surface area contributed by atoms with Crippen LogP contribution in [0.25, 0.3) is 34.0 Å². The first kappa shape index (κ1) is 28.1. The van der Waals surface area contributed by atoms with Gasteiger partial charge in [0.2, 0.25) is 16.0 Å². The van der Waals surface area contributed by atoms with E-state index in [9.17, 15) is 13.5 Å². The van der Waals surface area contributed by atoms with Crippen molar-refractivity contribution in [2.75, 3.05) is 25.5 Å². The standard InChI is InChI=1S/C29H27ClN6O4S/c1-40-21-9-11-22(12-10-21)41(38,39)33-16-5-15-31-29-32-17-14-24(34-29)27-26(20-8-13-23(30)25(37)18-20)35-28(36-27)19-6-3-2-4-7-19/h2-4,6-14,17-18,33,37H,5,15-16H2,1H3,(H,35,36)(H,31,32,34). The number of nitrogens with zero attached hydrogens (tertiary/aromatic N) is 3. The zero-order chi connectivity index (χ0) is 28.8. The molecule has 0 fully saturated rings. The van der Waals surface area contributed by atoms with Gasteiger partial charge in [0.05, 0.1) is 34.1 Å². The van der Waals surface area contributed by atoms with Crippen LogP contribution in [0.5, 0.6) is 11.5 Å². The molecule has 10 nitrogen and oxygen atoms in total. The fraction of sp³-hybridized carbons (Fsp3) is 0.138. The Balaban J connectivity index is 1.30. The Kier molecular flexibility index (Phi) is 8.48. The van der Waals surface area contributed by atoms with Crippen molar-refractivity contribution >= 4 is 27.6 Å². The molecule has 2 heterocycles. The van der Waals surface area contributed by atoms with Gasteiger partial charge in [-0.05, 0) is 48.9 Å². The van der Waals surface area contributed by atoms with Crippen molar-refractivity contribution in [2.24, 2.45) is 0 Å². The molecule has 0 saturated carbocycles. The first-order valence-corrected chi connectivity index (χ1v) is 14.6. The van der Waals surface area contributed by atoms with Gasteiger partial charge in [-0.25, -0.2) is 28.1 Å². The van der Waals surface area contributed by atoms with Crippen LogP contribution in [-0.2, 0) is 10.0 Å². The van der Waals surface area contributed by atoms with E-state index in [-0.39, 0.29) is 22.2 Å². The quantitative estimate of drug-likeness (QED) is 0.151. The first-order chi connectivity index (χ1) is 19.8. The third kappa shape index (κ3) is 6.65. The Bertz CT molecular complexity index is 1750. The number of phenols is 1. The number of methoxy groups -OCH3 is 1. The van der Waals surface area contributed by atoms with Crippen LogP contribution in [0.2, 0.25) is 5.02 Å². The van der Waals surface area contributed by atoms with Gasteiger partial charge in [-0.1, -0.05) is 48.0 Å². The van der Waals surface area contributed by atoms with Crippen LogP contribution < -0.4 is 14.8 Å². The highest BCUT2D eigenvalue weighted by Gasteiger charge is 2.18. The second-order valence-corrected chi connectivity index (χ2v) is 11.1. The lowest BCUT2D eigenvalue weighted by Crippen LogP contribution is -2.26. The van der Waals surface area contributed by atoms with E-state index < -0.39 is 10.0 Å². The lowest BCUT2D eigenvalue weighted by Gasteiger charge is -2.09. The molecular formula is C29H27ClN6O4S. The summed E-state index contributed by atoms with van der Waals surface area (Å²) in [6.07, 6.45) is 2.13. The average molecular weight is 591 g/mol. The SMILES string of the molecule is COc1ccc(S(=O)(=O)NCCCNc2nccc(-c3[nH]c(-c4ccccc4)nc3-c3ccc(Cl)c(O)c3)n2)cc1. The average Bonchev–Trinajstić information content (AvgIpc) is 3.45. The number of halogens is 1. The molecule has 12 heteroatoms. The number of nitrogens with one attached hydrogen (secondary N) is 3. The molecule has 0 amide bonds. The second kappa shape index (κ2) is 12.4. The number of hydrogen-bond acceptors (Lipinski definition) is 8. The molecule has 41 heavy (non-hydrogen) atoms. The molecule has 0 saturated heterocycles. The number of rotatable bonds is 11. The van der Waals surface area contributed by atoms with Gasteiger partial charge >= 0.3 is 0 Å². The van der Waals surface area contributed by atoms with Crippen molar-refractivity contribution in [1.29, 1.82) is 0 Å². The van der Waals surface area contributed by atoms with Crippen LogP contribution in [0, 0.1) is 0 Å². The van der Waals surface area contributed by atoms with Crippen LogP contribution in [0.4, 0.5) is 5.95 Å². The van der Waals surface area contributed by atoms with E-state index in [0.717, 1.165) is 5.56 Å². The minimum Gasteiger partial charge on any atom is -0.506 e. The minimum absolute atomic E-state index is 0.0490. The van der Waals surface area contributed by atoms with Crippen molar-refractivity contribution in [1.82, 2.24) is 24.7 Å². The van der Waals surface area contributed by atoms with Crippen molar-refractivity contribution in [2.45, 2.75) is 11.3 Å². The van der Waals surface area contributed by atoms with E-state index in [4.69, 9.17) is 21.3 Å². The molecule has 0 aliphatic heterocycles. The molecule has 3 aromatic carbocycles. The summed E-state index contributed by atoms with van der Waals surface area (Å²) in [5.41, 5.74) is 3.37. The van der Waals surface area contributed by atoms with Crippen LogP contribution in [0.3, 0.4) is 0 Å². The Labute approximate surface area is 242 Å². The van der Waals surface area contributed by atoms with E-state index >= 15 is 0 Å².